The SMILES string of the molecule is Cc1ccccc1C[S@](=O)Cc1cccc(Cl)c1. The van der Waals surface area contributed by atoms with E-state index in [1.807, 2.05) is 55.5 Å². The first-order chi connectivity index (χ1) is 8.65. The Kier molecular flexibility index (Phi) is 4.56. The minimum absolute atomic E-state index is 0.550. The lowest BCUT2D eigenvalue weighted by molar-refractivity contribution is 0.682. The molecule has 1 atom stereocenters. The van der Waals surface area contributed by atoms with Crippen LogP contribution in [0.25, 0.3) is 0 Å². The minimum atomic E-state index is -0.899. The number of rotatable bonds is 4. The molecule has 0 unspecified atom stereocenters. The Morgan fingerprint density at radius 3 is 2.56 bits per heavy atom. The van der Waals surface area contributed by atoms with Gasteiger partial charge in [-0.05, 0) is 35.7 Å². The van der Waals surface area contributed by atoms with Crippen molar-refractivity contribution in [2.75, 3.05) is 0 Å². The highest BCUT2D eigenvalue weighted by Crippen LogP contribution is 2.15. The molecule has 0 bridgehead atoms. The van der Waals surface area contributed by atoms with Gasteiger partial charge in [0.05, 0.1) is 0 Å². The van der Waals surface area contributed by atoms with Crippen molar-refractivity contribution in [3.05, 3.63) is 70.2 Å². The van der Waals surface area contributed by atoms with Crippen LogP contribution in [0.4, 0.5) is 0 Å². The fraction of sp³-hybridized carbons (Fsp3) is 0.200. The molecule has 94 valence electrons. The predicted octanol–water partition coefficient (Wildman–Crippen LogP) is 4.10. The molecular formula is C15H15ClOS. The summed E-state index contributed by atoms with van der Waals surface area (Å²) in [5.41, 5.74) is 3.37. The molecule has 0 radical (unpaired) electrons. The quantitative estimate of drug-likeness (QED) is 0.823. The summed E-state index contributed by atoms with van der Waals surface area (Å²) in [7, 11) is -0.899. The minimum Gasteiger partial charge on any atom is -0.259 e. The fourth-order valence-electron chi connectivity index (χ4n) is 1.81. The first kappa shape index (κ1) is 13.3. The van der Waals surface area contributed by atoms with Crippen LogP contribution in [0.3, 0.4) is 0 Å². The van der Waals surface area contributed by atoms with Gasteiger partial charge in [0.15, 0.2) is 0 Å². The van der Waals surface area contributed by atoms with Gasteiger partial charge in [0.1, 0.15) is 0 Å². The van der Waals surface area contributed by atoms with Crippen LogP contribution in [0.5, 0.6) is 0 Å². The van der Waals surface area contributed by atoms with E-state index in [1.54, 1.807) is 0 Å². The van der Waals surface area contributed by atoms with E-state index in [9.17, 15) is 4.21 Å². The summed E-state index contributed by atoms with van der Waals surface area (Å²) < 4.78 is 12.1. The van der Waals surface area contributed by atoms with Crippen LogP contribution in [0.2, 0.25) is 5.02 Å². The molecule has 0 amide bonds. The van der Waals surface area contributed by atoms with E-state index >= 15 is 0 Å². The molecule has 0 saturated carbocycles. The highest BCUT2D eigenvalue weighted by atomic mass is 35.5. The first-order valence-electron chi connectivity index (χ1n) is 5.79. The Labute approximate surface area is 115 Å². The summed E-state index contributed by atoms with van der Waals surface area (Å²) in [6.07, 6.45) is 0. The van der Waals surface area contributed by atoms with Gasteiger partial charge in [-0.3, -0.25) is 4.21 Å². The number of benzene rings is 2. The summed E-state index contributed by atoms with van der Waals surface area (Å²) in [5.74, 6) is 1.15. The molecule has 0 saturated heterocycles. The number of aryl methyl sites for hydroxylation is 1. The summed E-state index contributed by atoms with van der Waals surface area (Å²) in [5, 5.41) is 0.695. The van der Waals surface area contributed by atoms with Crippen LogP contribution >= 0.6 is 11.6 Å². The zero-order valence-electron chi connectivity index (χ0n) is 10.2. The van der Waals surface area contributed by atoms with Gasteiger partial charge in [-0.15, -0.1) is 0 Å². The van der Waals surface area contributed by atoms with Crippen LogP contribution in [-0.4, -0.2) is 4.21 Å². The van der Waals surface area contributed by atoms with E-state index in [4.69, 9.17) is 11.6 Å². The van der Waals surface area contributed by atoms with Gasteiger partial charge in [-0.2, -0.15) is 0 Å². The lowest BCUT2D eigenvalue weighted by atomic mass is 10.1. The fourth-order valence-corrected chi connectivity index (χ4v) is 3.35. The van der Waals surface area contributed by atoms with Crippen LogP contribution < -0.4 is 0 Å². The Morgan fingerprint density at radius 1 is 1.06 bits per heavy atom. The van der Waals surface area contributed by atoms with Gasteiger partial charge in [0.2, 0.25) is 0 Å². The molecule has 0 spiro atoms. The van der Waals surface area contributed by atoms with Crippen molar-refractivity contribution in [3.8, 4) is 0 Å². The van der Waals surface area contributed by atoms with Crippen molar-refractivity contribution in [2.45, 2.75) is 18.4 Å². The van der Waals surface area contributed by atoms with Gasteiger partial charge < -0.3 is 0 Å². The van der Waals surface area contributed by atoms with Crippen molar-refractivity contribution in [2.24, 2.45) is 0 Å². The van der Waals surface area contributed by atoms with E-state index in [0.29, 0.717) is 16.5 Å². The van der Waals surface area contributed by atoms with E-state index < -0.39 is 10.8 Å². The Balaban J connectivity index is 2.03. The second kappa shape index (κ2) is 6.17. The van der Waals surface area contributed by atoms with Gasteiger partial charge in [0.25, 0.3) is 0 Å². The van der Waals surface area contributed by atoms with E-state index in [-0.39, 0.29) is 0 Å². The third-order valence-electron chi connectivity index (χ3n) is 2.79. The lowest BCUT2D eigenvalue weighted by Gasteiger charge is -2.06. The molecule has 2 rings (SSSR count). The summed E-state index contributed by atoms with van der Waals surface area (Å²) in [4.78, 5) is 0. The van der Waals surface area contributed by atoms with E-state index in [1.165, 1.54) is 5.56 Å². The van der Waals surface area contributed by atoms with Crippen molar-refractivity contribution >= 4 is 22.4 Å². The van der Waals surface area contributed by atoms with Gasteiger partial charge in [-0.25, -0.2) is 0 Å². The second-order valence-electron chi connectivity index (χ2n) is 4.28. The molecule has 18 heavy (non-hydrogen) atoms. The van der Waals surface area contributed by atoms with Crippen LogP contribution in [0, 0.1) is 6.92 Å². The van der Waals surface area contributed by atoms with Crippen molar-refractivity contribution < 1.29 is 4.21 Å². The zero-order valence-corrected chi connectivity index (χ0v) is 11.8. The maximum Gasteiger partial charge on any atom is 0.0491 e. The Bertz CT molecular complexity index is 566. The lowest BCUT2D eigenvalue weighted by Crippen LogP contribution is -2.00. The highest BCUT2D eigenvalue weighted by Gasteiger charge is 2.05. The number of hydrogen-bond donors (Lipinski definition) is 0. The molecule has 0 fully saturated rings. The van der Waals surface area contributed by atoms with Gasteiger partial charge in [0, 0.05) is 27.3 Å². The Morgan fingerprint density at radius 2 is 1.83 bits per heavy atom. The smallest absolute Gasteiger partial charge is 0.0491 e. The standard InChI is InChI=1S/C15H15ClOS/c1-12-5-2-3-7-14(12)11-18(17)10-13-6-4-8-15(16)9-13/h2-9H,10-11H2,1H3/t18-/m1/s1. The summed E-state index contributed by atoms with van der Waals surface area (Å²) in [6.45, 7) is 2.05. The average Bonchev–Trinajstić information content (AvgIpc) is 2.32. The largest absolute Gasteiger partial charge is 0.259 e. The van der Waals surface area contributed by atoms with Gasteiger partial charge >= 0.3 is 0 Å². The van der Waals surface area contributed by atoms with E-state index in [2.05, 4.69) is 0 Å². The molecule has 0 aromatic heterocycles. The molecule has 2 aromatic carbocycles. The molecule has 2 aromatic rings. The molecule has 0 N–H and O–H groups in total. The summed E-state index contributed by atoms with van der Waals surface area (Å²) >= 11 is 5.91. The maximum atomic E-state index is 12.1. The summed E-state index contributed by atoms with van der Waals surface area (Å²) in [6, 6.07) is 15.6. The number of hydrogen-bond acceptors (Lipinski definition) is 1. The topological polar surface area (TPSA) is 17.1 Å². The highest BCUT2D eigenvalue weighted by molar-refractivity contribution is 7.83. The van der Waals surface area contributed by atoms with Crippen LogP contribution in [-0.2, 0) is 22.3 Å². The maximum absolute atomic E-state index is 12.1. The van der Waals surface area contributed by atoms with Gasteiger partial charge in [-0.1, -0.05) is 48.0 Å². The van der Waals surface area contributed by atoms with Crippen molar-refractivity contribution in [1.82, 2.24) is 0 Å². The third kappa shape index (κ3) is 3.69. The first-order valence-corrected chi connectivity index (χ1v) is 7.65. The molecular weight excluding hydrogens is 264 g/mol. The zero-order chi connectivity index (χ0) is 13.0. The van der Waals surface area contributed by atoms with Crippen LogP contribution in [0.15, 0.2) is 48.5 Å². The second-order valence-corrected chi connectivity index (χ2v) is 6.18. The molecule has 0 aliphatic rings. The van der Waals surface area contributed by atoms with Crippen molar-refractivity contribution in [3.63, 3.8) is 0 Å². The Hall–Kier alpha value is -1.12. The van der Waals surface area contributed by atoms with Crippen LogP contribution in [0.1, 0.15) is 16.7 Å². The molecule has 1 nitrogen and oxygen atoms in total. The predicted molar refractivity (Wildman–Crippen MR) is 78.2 cm³/mol. The molecule has 0 aliphatic carbocycles. The third-order valence-corrected chi connectivity index (χ3v) is 4.32. The molecule has 0 heterocycles. The average molecular weight is 279 g/mol. The van der Waals surface area contributed by atoms with E-state index in [0.717, 1.165) is 11.1 Å². The molecule has 0 aliphatic heterocycles. The monoisotopic (exact) mass is 278 g/mol. The molecule has 3 heteroatoms. The van der Waals surface area contributed by atoms with Crippen molar-refractivity contribution in [1.29, 1.82) is 0 Å². The number of halogens is 1. The normalized spacial score (nSPS) is 12.3.